The van der Waals surface area contributed by atoms with E-state index in [1.165, 1.54) is 12.1 Å². The maximum atomic E-state index is 9.14. The van der Waals surface area contributed by atoms with Crippen LogP contribution in [0.2, 0.25) is 0 Å². The quantitative estimate of drug-likeness (QED) is 0.362. The summed E-state index contributed by atoms with van der Waals surface area (Å²) in [7, 11) is 0. The first-order chi connectivity index (χ1) is 6.24. The van der Waals surface area contributed by atoms with Crippen LogP contribution in [-0.4, -0.2) is 23.6 Å². The van der Waals surface area contributed by atoms with Crippen molar-refractivity contribution in [1.82, 2.24) is 0 Å². The van der Waals surface area contributed by atoms with Gasteiger partial charge in [0.25, 0.3) is 0 Å². The van der Waals surface area contributed by atoms with Gasteiger partial charge in [-0.15, -0.1) is 0 Å². The van der Waals surface area contributed by atoms with Gasteiger partial charge in [0, 0.05) is 0 Å². The zero-order valence-corrected chi connectivity index (χ0v) is 7.23. The van der Waals surface area contributed by atoms with Gasteiger partial charge in [-0.25, -0.2) is 0 Å². The Kier molecular flexibility index (Phi) is 3.54. The molecule has 0 bridgehead atoms. The van der Waals surface area contributed by atoms with E-state index in [4.69, 9.17) is 20.7 Å². The van der Waals surface area contributed by atoms with E-state index in [9.17, 15) is 0 Å². The van der Waals surface area contributed by atoms with Crippen molar-refractivity contribution in [3.8, 4) is 11.5 Å². The fourth-order valence-electron chi connectivity index (χ4n) is 0.998. The Morgan fingerprint density at radius 2 is 2.00 bits per heavy atom. The molecule has 1 rings (SSSR count). The van der Waals surface area contributed by atoms with Crippen LogP contribution in [-0.2, 0) is 11.2 Å². The first kappa shape index (κ1) is 9.83. The van der Waals surface area contributed by atoms with E-state index in [-0.39, 0.29) is 18.2 Å². The molecule has 0 amide bonds. The molecule has 0 aromatic heterocycles. The molecule has 4 nitrogen and oxygen atoms in total. The van der Waals surface area contributed by atoms with Gasteiger partial charge in [0.05, 0.1) is 13.3 Å². The molecule has 4 heteroatoms. The highest BCUT2D eigenvalue weighted by molar-refractivity contribution is 5.40. The zero-order valence-electron chi connectivity index (χ0n) is 7.23. The summed E-state index contributed by atoms with van der Waals surface area (Å²) in [5, 5.41) is 18.2. The fourth-order valence-corrected chi connectivity index (χ4v) is 0.998. The molecule has 13 heavy (non-hydrogen) atoms. The lowest BCUT2D eigenvalue weighted by atomic mass is 10.1. The number of hydrogen-bond donors (Lipinski definition) is 3. The highest BCUT2D eigenvalue weighted by atomic mass is 16.5. The largest absolute Gasteiger partial charge is 0.504 e. The molecule has 0 fully saturated rings. The predicted molar refractivity (Wildman–Crippen MR) is 48.5 cm³/mol. The lowest BCUT2D eigenvalue weighted by molar-refractivity contribution is 0.144. The third-order valence-electron chi connectivity index (χ3n) is 1.69. The average molecular weight is 183 g/mol. The normalized spacial score (nSPS) is 10.2. The van der Waals surface area contributed by atoms with Crippen LogP contribution in [0.1, 0.15) is 5.56 Å². The first-order valence-electron chi connectivity index (χ1n) is 4.02. The molecule has 0 spiro atoms. The molecule has 0 radical (unpaired) electrons. The Morgan fingerprint density at radius 3 is 2.62 bits per heavy atom. The predicted octanol–water partition coefficient (Wildman–Crippen LogP) is 0.573. The molecule has 0 saturated carbocycles. The first-order valence-corrected chi connectivity index (χ1v) is 4.02. The summed E-state index contributed by atoms with van der Waals surface area (Å²) >= 11 is 0. The van der Waals surface area contributed by atoms with Crippen LogP contribution < -0.4 is 5.73 Å². The molecule has 1 aromatic rings. The van der Waals surface area contributed by atoms with E-state index in [2.05, 4.69) is 0 Å². The number of hydrogen-bond acceptors (Lipinski definition) is 4. The summed E-state index contributed by atoms with van der Waals surface area (Å²) in [6.45, 7) is 0.713. The third kappa shape index (κ3) is 2.93. The van der Waals surface area contributed by atoms with Crippen LogP contribution in [0.3, 0.4) is 0 Å². The summed E-state index contributed by atoms with van der Waals surface area (Å²) < 4.78 is 4.94. The summed E-state index contributed by atoms with van der Waals surface area (Å²) in [5.74, 6) is -0.214. The Morgan fingerprint density at radius 1 is 1.23 bits per heavy atom. The molecule has 0 aliphatic heterocycles. The van der Waals surface area contributed by atoms with Crippen molar-refractivity contribution in [2.45, 2.75) is 6.42 Å². The maximum absolute atomic E-state index is 9.14. The van der Waals surface area contributed by atoms with E-state index in [0.717, 1.165) is 5.56 Å². The second kappa shape index (κ2) is 4.69. The van der Waals surface area contributed by atoms with Crippen LogP contribution in [0.15, 0.2) is 18.2 Å². The summed E-state index contributed by atoms with van der Waals surface area (Å²) in [5.41, 5.74) is 6.04. The molecular weight excluding hydrogens is 170 g/mol. The van der Waals surface area contributed by atoms with Gasteiger partial charge >= 0.3 is 0 Å². The van der Waals surface area contributed by atoms with Crippen LogP contribution >= 0.6 is 0 Å². The summed E-state index contributed by atoms with van der Waals surface area (Å²) in [6, 6.07) is 4.69. The van der Waals surface area contributed by atoms with Crippen molar-refractivity contribution in [2.75, 3.05) is 13.3 Å². The molecule has 72 valence electrons. The number of rotatable bonds is 4. The van der Waals surface area contributed by atoms with E-state index >= 15 is 0 Å². The van der Waals surface area contributed by atoms with Crippen LogP contribution in [0, 0.1) is 0 Å². The van der Waals surface area contributed by atoms with Gasteiger partial charge in [-0.3, -0.25) is 0 Å². The number of nitrogens with two attached hydrogens (primary N) is 1. The van der Waals surface area contributed by atoms with Crippen molar-refractivity contribution in [1.29, 1.82) is 0 Å². The molecule has 0 heterocycles. The fraction of sp³-hybridized carbons (Fsp3) is 0.333. The number of benzene rings is 1. The van der Waals surface area contributed by atoms with Crippen LogP contribution in [0.4, 0.5) is 0 Å². The number of ether oxygens (including phenoxy) is 1. The van der Waals surface area contributed by atoms with Crippen molar-refractivity contribution < 1.29 is 14.9 Å². The third-order valence-corrected chi connectivity index (χ3v) is 1.69. The highest BCUT2D eigenvalue weighted by Gasteiger charge is 1.99. The Bertz CT molecular complexity index is 276. The Balaban J connectivity index is 2.53. The molecule has 0 atom stereocenters. The van der Waals surface area contributed by atoms with Gasteiger partial charge < -0.3 is 20.7 Å². The van der Waals surface area contributed by atoms with E-state index in [0.29, 0.717) is 13.0 Å². The topological polar surface area (TPSA) is 75.7 Å². The monoisotopic (exact) mass is 183 g/mol. The van der Waals surface area contributed by atoms with Crippen molar-refractivity contribution in [3.05, 3.63) is 23.8 Å². The SMILES string of the molecule is NCOCCc1ccc(O)c(O)c1. The van der Waals surface area contributed by atoms with E-state index in [1.807, 2.05) is 0 Å². The molecule has 0 unspecified atom stereocenters. The minimum atomic E-state index is -0.108. The molecule has 0 saturated heterocycles. The van der Waals surface area contributed by atoms with Gasteiger partial charge in [-0.05, 0) is 24.1 Å². The van der Waals surface area contributed by atoms with Gasteiger partial charge in [-0.1, -0.05) is 6.07 Å². The lowest BCUT2D eigenvalue weighted by Crippen LogP contribution is -2.07. The van der Waals surface area contributed by atoms with E-state index < -0.39 is 0 Å². The van der Waals surface area contributed by atoms with Gasteiger partial charge in [0.1, 0.15) is 0 Å². The van der Waals surface area contributed by atoms with E-state index in [1.54, 1.807) is 6.07 Å². The van der Waals surface area contributed by atoms with Crippen LogP contribution in [0.5, 0.6) is 11.5 Å². The smallest absolute Gasteiger partial charge is 0.157 e. The minimum absolute atomic E-state index is 0.106. The maximum Gasteiger partial charge on any atom is 0.157 e. The Labute approximate surface area is 76.6 Å². The Hall–Kier alpha value is -1.26. The molecule has 0 aliphatic carbocycles. The van der Waals surface area contributed by atoms with Gasteiger partial charge in [0.2, 0.25) is 0 Å². The zero-order chi connectivity index (χ0) is 9.68. The minimum Gasteiger partial charge on any atom is -0.504 e. The number of aromatic hydroxyl groups is 2. The van der Waals surface area contributed by atoms with Gasteiger partial charge in [-0.2, -0.15) is 0 Å². The lowest BCUT2D eigenvalue weighted by Gasteiger charge is -2.03. The average Bonchev–Trinajstić information content (AvgIpc) is 2.12. The number of phenols is 2. The standard InChI is InChI=1S/C9H13NO3/c10-6-13-4-3-7-1-2-8(11)9(12)5-7/h1-2,5,11-12H,3-4,6,10H2. The van der Waals surface area contributed by atoms with Gasteiger partial charge in [0.15, 0.2) is 11.5 Å². The molecule has 1 aromatic carbocycles. The van der Waals surface area contributed by atoms with Crippen molar-refractivity contribution in [3.63, 3.8) is 0 Å². The number of phenolic OH excluding ortho intramolecular Hbond substituents is 2. The molecule has 0 aliphatic rings. The van der Waals surface area contributed by atoms with Crippen LogP contribution in [0.25, 0.3) is 0 Å². The summed E-state index contributed by atoms with van der Waals surface area (Å²) in [6.07, 6.45) is 0.672. The molecular formula is C9H13NO3. The molecule has 4 N–H and O–H groups in total. The van der Waals surface area contributed by atoms with Crippen molar-refractivity contribution in [2.24, 2.45) is 5.73 Å². The second-order valence-corrected chi connectivity index (χ2v) is 2.65. The second-order valence-electron chi connectivity index (χ2n) is 2.65. The van der Waals surface area contributed by atoms with Crippen molar-refractivity contribution >= 4 is 0 Å². The summed E-state index contributed by atoms with van der Waals surface area (Å²) in [4.78, 5) is 0. The highest BCUT2D eigenvalue weighted by Crippen LogP contribution is 2.24.